The maximum Gasteiger partial charge on any atom is 0.130 e. The maximum atomic E-state index is 8.87. The Morgan fingerprint density at radius 2 is 2.17 bits per heavy atom. The van der Waals surface area contributed by atoms with E-state index in [2.05, 4.69) is 0 Å². The Hall–Kier alpha value is -1.28. The van der Waals surface area contributed by atoms with Gasteiger partial charge in [0, 0.05) is 6.42 Å². The molecule has 0 aliphatic carbocycles. The summed E-state index contributed by atoms with van der Waals surface area (Å²) in [5.74, 6) is 0.898. The fourth-order valence-electron chi connectivity index (χ4n) is 1.29. The summed E-state index contributed by atoms with van der Waals surface area (Å²) in [4.78, 5) is 0. The van der Waals surface area contributed by atoms with Gasteiger partial charge in [0.05, 0.1) is 12.9 Å². The molecule has 12 heavy (non-hydrogen) atoms. The van der Waals surface area contributed by atoms with Gasteiger partial charge in [0.2, 0.25) is 0 Å². The highest BCUT2D eigenvalue weighted by atomic mass is 16.5. The van der Waals surface area contributed by atoms with Crippen LogP contribution in [0.15, 0.2) is 36.1 Å². The summed E-state index contributed by atoms with van der Waals surface area (Å²) in [7, 11) is 0. The Morgan fingerprint density at radius 1 is 1.33 bits per heavy atom. The minimum atomic E-state index is 0.0777. The first-order chi connectivity index (χ1) is 5.90. The van der Waals surface area contributed by atoms with E-state index in [4.69, 9.17) is 9.84 Å². The maximum absolute atomic E-state index is 8.87. The van der Waals surface area contributed by atoms with Gasteiger partial charge in [0.1, 0.15) is 5.75 Å². The van der Waals surface area contributed by atoms with Crippen molar-refractivity contribution in [2.24, 2.45) is 0 Å². The molecule has 62 valence electrons. The van der Waals surface area contributed by atoms with Crippen molar-refractivity contribution < 1.29 is 9.84 Å². The van der Waals surface area contributed by atoms with Crippen LogP contribution in [0.25, 0.3) is 0 Å². The highest BCUT2D eigenvalue weighted by molar-refractivity contribution is 5.39. The number of hydrogen-bond donors (Lipinski definition) is 1. The second kappa shape index (κ2) is 2.99. The van der Waals surface area contributed by atoms with E-state index >= 15 is 0 Å². The van der Waals surface area contributed by atoms with Crippen LogP contribution in [0.1, 0.15) is 5.56 Å². The first-order valence-electron chi connectivity index (χ1n) is 3.93. The van der Waals surface area contributed by atoms with Crippen LogP contribution in [0.4, 0.5) is 0 Å². The van der Waals surface area contributed by atoms with Crippen molar-refractivity contribution in [2.75, 3.05) is 6.61 Å². The second-order valence-corrected chi connectivity index (χ2v) is 2.84. The largest absolute Gasteiger partial charge is 0.465 e. The molecule has 1 aromatic rings. The summed E-state index contributed by atoms with van der Waals surface area (Å²) in [5, 5.41) is 8.87. The molecule has 0 saturated carbocycles. The number of hydrogen-bond acceptors (Lipinski definition) is 2. The molecular weight excluding hydrogens is 152 g/mol. The lowest BCUT2D eigenvalue weighted by molar-refractivity contribution is 0.317. The van der Waals surface area contributed by atoms with Crippen molar-refractivity contribution >= 4 is 0 Å². The van der Waals surface area contributed by atoms with Crippen molar-refractivity contribution in [3.63, 3.8) is 0 Å². The zero-order valence-electron chi connectivity index (χ0n) is 6.66. The first kappa shape index (κ1) is 7.37. The van der Waals surface area contributed by atoms with Crippen LogP contribution < -0.4 is 4.74 Å². The lowest BCUT2D eigenvalue weighted by Gasteiger charge is -2.15. The average Bonchev–Trinajstić information content (AvgIpc) is 2.17. The molecule has 2 rings (SSSR count). The second-order valence-electron chi connectivity index (χ2n) is 2.84. The van der Waals surface area contributed by atoms with Crippen molar-refractivity contribution in [1.82, 2.24) is 0 Å². The molecule has 0 fully saturated rings. The summed E-state index contributed by atoms with van der Waals surface area (Å²) >= 11 is 0. The average molecular weight is 162 g/mol. The standard InChI is InChI=1S/C10H10O2/c11-6-8-5-9-3-1-2-4-10(9)12-7-8/h1-4,7,11H,5-6H2. The van der Waals surface area contributed by atoms with Crippen LogP contribution in [0.3, 0.4) is 0 Å². The molecule has 0 aromatic heterocycles. The van der Waals surface area contributed by atoms with Crippen molar-refractivity contribution in [2.45, 2.75) is 6.42 Å². The molecule has 0 unspecified atom stereocenters. The molecule has 0 spiro atoms. The number of fused-ring (bicyclic) bond motifs is 1. The van der Waals surface area contributed by atoms with Gasteiger partial charge < -0.3 is 9.84 Å². The fourth-order valence-corrected chi connectivity index (χ4v) is 1.29. The lowest BCUT2D eigenvalue weighted by atomic mass is 10.0. The fraction of sp³-hybridized carbons (Fsp3) is 0.200. The predicted molar refractivity (Wildman–Crippen MR) is 45.9 cm³/mol. The number of benzene rings is 1. The Morgan fingerprint density at radius 3 is 3.00 bits per heavy atom. The molecule has 0 atom stereocenters. The van der Waals surface area contributed by atoms with Gasteiger partial charge in [-0.1, -0.05) is 18.2 Å². The van der Waals surface area contributed by atoms with E-state index in [1.54, 1.807) is 6.26 Å². The van der Waals surface area contributed by atoms with Crippen molar-refractivity contribution in [1.29, 1.82) is 0 Å². The van der Waals surface area contributed by atoms with E-state index in [0.29, 0.717) is 0 Å². The SMILES string of the molecule is OCC1=COc2ccccc2C1. The molecular formula is C10H10O2. The zero-order chi connectivity index (χ0) is 8.39. The van der Waals surface area contributed by atoms with Crippen LogP contribution in [-0.2, 0) is 6.42 Å². The molecule has 0 bridgehead atoms. The molecule has 1 heterocycles. The Labute approximate surface area is 71.1 Å². The molecule has 1 aliphatic heterocycles. The predicted octanol–water partition coefficient (Wildman–Crippen LogP) is 1.50. The summed E-state index contributed by atoms with van der Waals surface area (Å²) in [5.41, 5.74) is 2.07. The minimum absolute atomic E-state index is 0.0777. The normalized spacial score (nSPS) is 14.6. The van der Waals surface area contributed by atoms with Crippen LogP contribution >= 0.6 is 0 Å². The van der Waals surface area contributed by atoms with Crippen molar-refractivity contribution in [3.05, 3.63) is 41.7 Å². The molecule has 0 amide bonds. The van der Waals surface area contributed by atoms with Crippen LogP contribution in [0.5, 0.6) is 5.75 Å². The minimum Gasteiger partial charge on any atom is -0.465 e. The van der Waals surface area contributed by atoms with Gasteiger partial charge in [-0.05, 0) is 17.2 Å². The number of rotatable bonds is 1. The Kier molecular flexibility index (Phi) is 1.84. The van der Waals surface area contributed by atoms with E-state index < -0.39 is 0 Å². The molecule has 1 aliphatic rings. The van der Waals surface area contributed by atoms with Gasteiger partial charge in [-0.2, -0.15) is 0 Å². The molecule has 2 nitrogen and oxygen atoms in total. The van der Waals surface area contributed by atoms with Gasteiger partial charge in [-0.25, -0.2) is 0 Å². The van der Waals surface area contributed by atoms with Gasteiger partial charge in [0.15, 0.2) is 0 Å². The summed E-state index contributed by atoms with van der Waals surface area (Å²) in [6, 6.07) is 7.86. The van der Waals surface area contributed by atoms with Crippen molar-refractivity contribution in [3.8, 4) is 5.75 Å². The highest BCUT2D eigenvalue weighted by Crippen LogP contribution is 2.25. The van der Waals surface area contributed by atoms with Gasteiger partial charge >= 0.3 is 0 Å². The number of ether oxygens (including phenoxy) is 1. The third-order valence-electron chi connectivity index (χ3n) is 1.95. The van der Waals surface area contributed by atoms with E-state index in [0.717, 1.165) is 23.3 Å². The van der Waals surface area contributed by atoms with Crippen LogP contribution in [-0.4, -0.2) is 11.7 Å². The van der Waals surface area contributed by atoms with Crippen LogP contribution in [0, 0.1) is 0 Å². The van der Waals surface area contributed by atoms with E-state index in [9.17, 15) is 0 Å². The third-order valence-corrected chi connectivity index (χ3v) is 1.95. The van der Waals surface area contributed by atoms with E-state index in [-0.39, 0.29) is 6.61 Å². The number of aliphatic hydroxyl groups excluding tert-OH is 1. The van der Waals surface area contributed by atoms with Gasteiger partial charge in [-0.15, -0.1) is 0 Å². The summed E-state index contributed by atoms with van der Waals surface area (Å²) in [6.07, 6.45) is 2.43. The first-order valence-corrected chi connectivity index (χ1v) is 3.93. The summed E-state index contributed by atoms with van der Waals surface area (Å²) in [6.45, 7) is 0.0777. The highest BCUT2D eigenvalue weighted by Gasteiger charge is 2.10. The third kappa shape index (κ3) is 1.21. The van der Waals surface area contributed by atoms with Crippen LogP contribution in [0.2, 0.25) is 0 Å². The lowest BCUT2D eigenvalue weighted by Crippen LogP contribution is -2.05. The Balaban J connectivity index is 2.31. The monoisotopic (exact) mass is 162 g/mol. The number of para-hydroxylation sites is 1. The molecule has 1 N–H and O–H groups in total. The van der Waals surface area contributed by atoms with E-state index in [1.165, 1.54) is 0 Å². The summed E-state index contributed by atoms with van der Waals surface area (Å²) < 4.78 is 5.30. The quantitative estimate of drug-likeness (QED) is 0.678. The van der Waals surface area contributed by atoms with Gasteiger partial charge in [-0.3, -0.25) is 0 Å². The topological polar surface area (TPSA) is 29.5 Å². The number of aliphatic hydroxyl groups is 1. The smallest absolute Gasteiger partial charge is 0.130 e. The van der Waals surface area contributed by atoms with Gasteiger partial charge in [0.25, 0.3) is 0 Å². The zero-order valence-corrected chi connectivity index (χ0v) is 6.66. The molecule has 0 saturated heterocycles. The molecule has 0 radical (unpaired) electrons. The molecule has 1 aromatic carbocycles. The Bertz CT molecular complexity index is 315. The molecule has 2 heteroatoms. The van der Waals surface area contributed by atoms with E-state index in [1.807, 2.05) is 24.3 Å².